The highest BCUT2D eigenvalue weighted by Crippen LogP contribution is 2.44. The summed E-state index contributed by atoms with van der Waals surface area (Å²) < 4.78 is 27.6. The topological polar surface area (TPSA) is 15.3 Å². The summed E-state index contributed by atoms with van der Waals surface area (Å²) >= 11 is 0. The summed E-state index contributed by atoms with van der Waals surface area (Å²) in [5.74, 6) is -1.04. The molecule has 2 unspecified atom stereocenters. The van der Waals surface area contributed by atoms with Crippen molar-refractivity contribution in [3.05, 3.63) is 35.4 Å². The van der Waals surface area contributed by atoms with E-state index in [9.17, 15) is 8.78 Å². The summed E-state index contributed by atoms with van der Waals surface area (Å²) in [7, 11) is 1.92. The highest BCUT2D eigenvalue weighted by molar-refractivity contribution is 5.25. The third kappa shape index (κ3) is 2.39. The maximum absolute atomic E-state index is 14.1. The van der Waals surface area contributed by atoms with E-state index in [0.29, 0.717) is 17.5 Å². The minimum atomic E-state index is -0.733. The molecule has 1 heterocycles. The molecule has 2 atom stereocenters. The molecule has 2 fully saturated rings. The summed E-state index contributed by atoms with van der Waals surface area (Å²) in [6.45, 7) is 1.85. The molecule has 1 aliphatic carbocycles. The second-order valence-corrected chi connectivity index (χ2v) is 5.66. The van der Waals surface area contributed by atoms with E-state index in [-0.39, 0.29) is 6.04 Å². The van der Waals surface area contributed by atoms with E-state index in [1.165, 1.54) is 18.9 Å². The van der Waals surface area contributed by atoms with Gasteiger partial charge in [-0.2, -0.15) is 0 Å². The Morgan fingerprint density at radius 1 is 1.26 bits per heavy atom. The lowest BCUT2D eigenvalue weighted by Crippen LogP contribution is -2.31. The van der Waals surface area contributed by atoms with E-state index in [1.807, 2.05) is 7.05 Å². The van der Waals surface area contributed by atoms with Crippen LogP contribution < -0.4 is 5.32 Å². The van der Waals surface area contributed by atoms with Gasteiger partial charge in [-0.05, 0) is 51.4 Å². The van der Waals surface area contributed by atoms with E-state index in [2.05, 4.69) is 10.2 Å². The Labute approximate surface area is 112 Å². The largest absolute Gasteiger partial charge is 0.319 e. The van der Waals surface area contributed by atoms with Gasteiger partial charge in [-0.3, -0.25) is 4.90 Å². The number of halogens is 2. The van der Waals surface area contributed by atoms with Crippen LogP contribution in [-0.4, -0.2) is 31.1 Å². The summed E-state index contributed by atoms with van der Waals surface area (Å²) in [6, 6.07) is 5.16. The zero-order valence-corrected chi connectivity index (χ0v) is 11.2. The maximum atomic E-state index is 14.1. The zero-order valence-electron chi connectivity index (χ0n) is 11.2. The molecular weight excluding hydrogens is 246 g/mol. The Morgan fingerprint density at radius 3 is 2.74 bits per heavy atom. The highest BCUT2D eigenvalue weighted by Gasteiger charge is 2.43. The van der Waals surface area contributed by atoms with Crippen molar-refractivity contribution in [2.75, 3.05) is 20.1 Å². The predicted octanol–water partition coefficient (Wildman–Crippen LogP) is 2.71. The fourth-order valence-corrected chi connectivity index (χ4v) is 3.36. The Morgan fingerprint density at radius 2 is 2.05 bits per heavy atom. The average Bonchev–Trinajstić information content (AvgIpc) is 3.16. The lowest BCUT2D eigenvalue weighted by atomic mass is 9.93. The number of hydrogen-bond acceptors (Lipinski definition) is 2. The van der Waals surface area contributed by atoms with Crippen LogP contribution in [0.25, 0.3) is 0 Å². The van der Waals surface area contributed by atoms with Crippen molar-refractivity contribution >= 4 is 0 Å². The smallest absolute Gasteiger partial charge is 0.163 e. The third-order valence-electron chi connectivity index (χ3n) is 4.34. The fraction of sp³-hybridized carbons (Fsp3) is 0.600. The molecule has 0 spiro atoms. The van der Waals surface area contributed by atoms with Gasteiger partial charge < -0.3 is 5.32 Å². The Kier molecular flexibility index (Phi) is 3.54. The van der Waals surface area contributed by atoms with E-state index in [1.54, 1.807) is 12.1 Å². The standard InChI is InChI=1S/C15H20F2N2/c1-18-9-10-7-8-19(11-5-6-11)15(10)12-3-2-4-13(16)14(12)17/h2-4,10-11,15,18H,5-9H2,1H3. The van der Waals surface area contributed by atoms with Crippen molar-refractivity contribution in [1.82, 2.24) is 10.2 Å². The first-order valence-corrected chi connectivity index (χ1v) is 7.06. The monoisotopic (exact) mass is 266 g/mol. The number of likely N-dealkylation sites (tertiary alicyclic amines) is 1. The second kappa shape index (κ2) is 5.17. The van der Waals surface area contributed by atoms with Crippen LogP contribution in [0.1, 0.15) is 30.9 Å². The molecule has 0 bridgehead atoms. The first kappa shape index (κ1) is 13.0. The van der Waals surface area contributed by atoms with Crippen molar-refractivity contribution in [2.24, 2.45) is 5.92 Å². The molecule has 4 heteroatoms. The van der Waals surface area contributed by atoms with Crippen LogP contribution in [0.4, 0.5) is 8.78 Å². The molecule has 0 radical (unpaired) electrons. The number of hydrogen-bond donors (Lipinski definition) is 1. The van der Waals surface area contributed by atoms with Crippen LogP contribution in [-0.2, 0) is 0 Å². The number of benzene rings is 1. The minimum Gasteiger partial charge on any atom is -0.319 e. The summed E-state index contributed by atoms with van der Waals surface area (Å²) in [6.07, 6.45) is 3.44. The van der Waals surface area contributed by atoms with Crippen LogP contribution in [0, 0.1) is 17.6 Å². The van der Waals surface area contributed by atoms with Crippen molar-refractivity contribution in [2.45, 2.75) is 31.3 Å². The predicted molar refractivity (Wildman–Crippen MR) is 70.9 cm³/mol. The first-order chi connectivity index (χ1) is 9.22. The molecule has 19 heavy (non-hydrogen) atoms. The van der Waals surface area contributed by atoms with Gasteiger partial charge in [0, 0.05) is 17.6 Å². The molecule has 2 aliphatic rings. The van der Waals surface area contributed by atoms with Crippen molar-refractivity contribution in [1.29, 1.82) is 0 Å². The molecule has 1 N–H and O–H groups in total. The second-order valence-electron chi connectivity index (χ2n) is 5.66. The van der Waals surface area contributed by atoms with Gasteiger partial charge in [0.25, 0.3) is 0 Å². The van der Waals surface area contributed by atoms with Crippen molar-refractivity contribution in [3.8, 4) is 0 Å². The number of rotatable bonds is 4. The van der Waals surface area contributed by atoms with Gasteiger partial charge in [0.2, 0.25) is 0 Å². The molecule has 1 aromatic carbocycles. The van der Waals surface area contributed by atoms with Gasteiger partial charge in [0.15, 0.2) is 11.6 Å². The molecule has 104 valence electrons. The number of nitrogens with one attached hydrogen (secondary N) is 1. The molecule has 1 saturated heterocycles. The van der Waals surface area contributed by atoms with Crippen LogP contribution in [0.15, 0.2) is 18.2 Å². The Hall–Kier alpha value is -1.00. The van der Waals surface area contributed by atoms with Gasteiger partial charge in [-0.15, -0.1) is 0 Å². The van der Waals surface area contributed by atoms with E-state index in [4.69, 9.17) is 0 Å². The molecule has 0 amide bonds. The van der Waals surface area contributed by atoms with Gasteiger partial charge in [0.05, 0.1) is 0 Å². The average molecular weight is 266 g/mol. The van der Waals surface area contributed by atoms with Gasteiger partial charge >= 0.3 is 0 Å². The van der Waals surface area contributed by atoms with E-state index in [0.717, 1.165) is 19.5 Å². The Balaban J connectivity index is 1.94. The van der Waals surface area contributed by atoms with Crippen molar-refractivity contribution < 1.29 is 8.78 Å². The molecule has 3 rings (SSSR count). The molecule has 1 aromatic rings. The van der Waals surface area contributed by atoms with Gasteiger partial charge in [0.1, 0.15) is 0 Å². The molecular formula is C15H20F2N2. The van der Waals surface area contributed by atoms with E-state index >= 15 is 0 Å². The van der Waals surface area contributed by atoms with Gasteiger partial charge in [-0.25, -0.2) is 8.78 Å². The van der Waals surface area contributed by atoms with E-state index < -0.39 is 11.6 Å². The zero-order chi connectivity index (χ0) is 13.4. The third-order valence-corrected chi connectivity index (χ3v) is 4.34. The molecule has 0 aromatic heterocycles. The molecule has 1 saturated carbocycles. The summed E-state index contributed by atoms with van der Waals surface area (Å²) in [5, 5.41) is 3.18. The lowest BCUT2D eigenvalue weighted by molar-refractivity contribution is 0.211. The van der Waals surface area contributed by atoms with Gasteiger partial charge in [-0.1, -0.05) is 12.1 Å². The quantitative estimate of drug-likeness (QED) is 0.901. The molecule has 1 aliphatic heterocycles. The summed E-state index contributed by atoms with van der Waals surface area (Å²) in [4.78, 5) is 2.37. The first-order valence-electron chi connectivity index (χ1n) is 7.06. The maximum Gasteiger partial charge on any atom is 0.163 e. The summed E-state index contributed by atoms with van der Waals surface area (Å²) in [5.41, 5.74) is 0.532. The lowest BCUT2D eigenvalue weighted by Gasteiger charge is -2.29. The normalized spacial score (nSPS) is 27.9. The Bertz CT molecular complexity index is 459. The van der Waals surface area contributed by atoms with Crippen LogP contribution in [0.3, 0.4) is 0 Å². The number of nitrogens with zero attached hydrogens (tertiary/aromatic N) is 1. The van der Waals surface area contributed by atoms with Crippen LogP contribution in [0.5, 0.6) is 0 Å². The highest BCUT2D eigenvalue weighted by atomic mass is 19.2. The molecule has 2 nitrogen and oxygen atoms in total. The fourth-order valence-electron chi connectivity index (χ4n) is 3.36. The van der Waals surface area contributed by atoms with Crippen molar-refractivity contribution in [3.63, 3.8) is 0 Å². The SMILES string of the molecule is CNCC1CCN(C2CC2)C1c1cccc(F)c1F. The van der Waals surface area contributed by atoms with Crippen LogP contribution in [0.2, 0.25) is 0 Å². The minimum absolute atomic E-state index is 0.0237. The van der Waals surface area contributed by atoms with Crippen LogP contribution >= 0.6 is 0 Å².